The van der Waals surface area contributed by atoms with E-state index in [9.17, 15) is 4.79 Å². The molecule has 2 aromatic carbocycles. The van der Waals surface area contributed by atoms with Crippen molar-refractivity contribution in [2.24, 2.45) is 5.10 Å². The summed E-state index contributed by atoms with van der Waals surface area (Å²) in [6.45, 7) is 10.0. The molecule has 1 amide bonds. The van der Waals surface area contributed by atoms with Crippen molar-refractivity contribution in [3.63, 3.8) is 0 Å². The SMILES string of the molecule is Cc1ccc(OCC(=O)NN=Cc2c(C)cc(C)cc2C)c(C)c1. The standard InChI is InChI=1S/C20H24N2O2/c1-13-6-7-19(17(5)8-13)24-12-20(23)22-21-11-18-15(3)9-14(2)10-16(18)4/h6-11H,12H2,1-5H3,(H,22,23). The Labute approximate surface area is 143 Å². The third kappa shape index (κ3) is 4.69. The zero-order valence-corrected chi connectivity index (χ0v) is 14.9. The largest absolute Gasteiger partial charge is 0.483 e. The summed E-state index contributed by atoms with van der Waals surface area (Å²) in [5.41, 5.74) is 9.19. The number of hydrogen-bond acceptors (Lipinski definition) is 3. The Hall–Kier alpha value is -2.62. The first-order valence-electron chi connectivity index (χ1n) is 7.96. The quantitative estimate of drug-likeness (QED) is 0.672. The zero-order chi connectivity index (χ0) is 17.7. The van der Waals surface area contributed by atoms with Crippen LogP contribution in [0, 0.1) is 34.6 Å². The molecule has 0 aliphatic carbocycles. The van der Waals surface area contributed by atoms with Gasteiger partial charge in [0.1, 0.15) is 5.75 Å². The zero-order valence-electron chi connectivity index (χ0n) is 14.9. The number of hydrogen-bond donors (Lipinski definition) is 1. The molecule has 0 aliphatic rings. The lowest BCUT2D eigenvalue weighted by atomic mass is 10.0. The van der Waals surface area contributed by atoms with Gasteiger partial charge >= 0.3 is 0 Å². The number of nitrogens with one attached hydrogen (secondary N) is 1. The normalized spacial score (nSPS) is 10.9. The number of benzene rings is 2. The lowest BCUT2D eigenvalue weighted by Gasteiger charge is -2.09. The molecule has 0 heterocycles. The van der Waals surface area contributed by atoms with E-state index in [0.717, 1.165) is 27.8 Å². The highest BCUT2D eigenvalue weighted by Crippen LogP contribution is 2.18. The second-order valence-electron chi connectivity index (χ2n) is 6.16. The molecule has 0 saturated heterocycles. The van der Waals surface area contributed by atoms with Crippen molar-refractivity contribution in [2.45, 2.75) is 34.6 Å². The van der Waals surface area contributed by atoms with Crippen molar-refractivity contribution < 1.29 is 9.53 Å². The van der Waals surface area contributed by atoms with E-state index in [-0.39, 0.29) is 12.5 Å². The highest BCUT2D eigenvalue weighted by molar-refractivity contribution is 5.85. The van der Waals surface area contributed by atoms with Crippen LogP contribution in [-0.2, 0) is 4.79 Å². The van der Waals surface area contributed by atoms with Crippen LogP contribution in [0.25, 0.3) is 0 Å². The summed E-state index contributed by atoms with van der Waals surface area (Å²) in [5.74, 6) is 0.429. The minimum absolute atomic E-state index is 0.0624. The van der Waals surface area contributed by atoms with Crippen LogP contribution >= 0.6 is 0 Å². The number of amides is 1. The van der Waals surface area contributed by atoms with Gasteiger partial charge in [0.25, 0.3) is 5.91 Å². The first-order chi connectivity index (χ1) is 11.4. The van der Waals surface area contributed by atoms with Crippen LogP contribution in [0.5, 0.6) is 5.75 Å². The fourth-order valence-electron chi connectivity index (χ4n) is 2.70. The van der Waals surface area contributed by atoms with Crippen LogP contribution in [0.2, 0.25) is 0 Å². The molecule has 126 valence electrons. The number of hydrazone groups is 1. The van der Waals surface area contributed by atoms with Crippen molar-refractivity contribution in [1.29, 1.82) is 0 Å². The molecule has 0 spiro atoms. The molecule has 0 aromatic heterocycles. The topological polar surface area (TPSA) is 50.7 Å². The molecule has 4 nitrogen and oxygen atoms in total. The highest BCUT2D eigenvalue weighted by atomic mass is 16.5. The average molecular weight is 324 g/mol. The summed E-state index contributed by atoms with van der Waals surface area (Å²) < 4.78 is 5.53. The summed E-state index contributed by atoms with van der Waals surface area (Å²) in [5, 5.41) is 4.04. The lowest BCUT2D eigenvalue weighted by molar-refractivity contribution is -0.123. The first-order valence-corrected chi connectivity index (χ1v) is 7.96. The second kappa shape index (κ2) is 7.77. The summed E-state index contributed by atoms with van der Waals surface area (Å²) >= 11 is 0. The minimum Gasteiger partial charge on any atom is -0.483 e. The molecule has 2 aromatic rings. The summed E-state index contributed by atoms with van der Waals surface area (Å²) in [6.07, 6.45) is 1.68. The molecule has 0 fully saturated rings. The van der Waals surface area contributed by atoms with E-state index in [2.05, 4.69) is 29.6 Å². The molecule has 0 radical (unpaired) electrons. The molecule has 1 N–H and O–H groups in total. The van der Waals surface area contributed by atoms with Crippen LogP contribution in [-0.4, -0.2) is 18.7 Å². The Bertz CT molecular complexity index is 756. The average Bonchev–Trinajstić information content (AvgIpc) is 2.49. The van der Waals surface area contributed by atoms with Crippen molar-refractivity contribution in [1.82, 2.24) is 5.43 Å². The summed E-state index contributed by atoms with van der Waals surface area (Å²) in [7, 11) is 0. The van der Waals surface area contributed by atoms with Crippen molar-refractivity contribution in [2.75, 3.05) is 6.61 Å². The van der Waals surface area contributed by atoms with Crippen LogP contribution in [0.15, 0.2) is 35.4 Å². The lowest BCUT2D eigenvalue weighted by Crippen LogP contribution is -2.24. The Morgan fingerprint density at radius 2 is 1.62 bits per heavy atom. The molecule has 0 bridgehead atoms. The van der Waals surface area contributed by atoms with Crippen molar-refractivity contribution in [3.8, 4) is 5.75 Å². The monoisotopic (exact) mass is 324 g/mol. The Kier molecular flexibility index (Phi) is 5.74. The van der Waals surface area contributed by atoms with E-state index in [0.29, 0.717) is 5.75 Å². The first kappa shape index (κ1) is 17.7. The molecular formula is C20H24N2O2. The van der Waals surface area contributed by atoms with Gasteiger partial charge in [0.05, 0.1) is 6.21 Å². The van der Waals surface area contributed by atoms with Gasteiger partial charge in [-0.25, -0.2) is 5.43 Å². The number of ether oxygens (including phenoxy) is 1. The number of carbonyl (C=O) groups excluding carboxylic acids is 1. The van der Waals surface area contributed by atoms with Gasteiger partial charge in [-0.15, -0.1) is 0 Å². The van der Waals surface area contributed by atoms with Gasteiger partial charge in [-0.3, -0.25) is 4.79 Å². The number of carbonyl (C=O) groups is 1. The third-order valence-electron chi connectivity index (χ3n) is 3.81. The van der Waals surface area contributed by atoms with Crippen LogP contribution in [0.1, 0.15) is 33.4 Å². The number of rotatable bonds is 5. The molecule has 2 rings (SSSR count). The molecule has 24 heavy (non-hydrogen) atoms. The third-order valence-corrected chi connectivity index (χ3v) is 3.81. The van der Waals surface area contributed by atoms with Crippen molar-refractivity contribution >= 4 is 12.1 Å². The maximum absolute atomic E-state index is 11.9. The van der Waals surface area contributed by atoms with Gasteiger partial charge in [0.2, 0.25) is 0 Å². The van der Waals surface area contributed by atoms with E-state index in [1.54, 1.807) is 6.21 Å². The second-order valence-corrected chi connectivity index (χ2v) is 6.16. The Balaban J connectivity index is 1.91. The molecule has 4 heteroatoms. The van der Waals surface area contributed by atoms with E-state index < -0.39 is 0 Å². The fourth-order valence-corrected chi connectivity index (χ4v) is 2.70. The molecule has 0 unspecified atom stereocenters. The summed E-state index contributed by atoms with van der Waals surface area (Å²) in [4.78, 5) is 11.9. The molecule has 0 atom stereocenters. The molecule has 0 aliphatic heterocycles. The maximum Gasteiger partial charge on any atom is 0.277 e. The smallest absolute Gasteiger partial charge is 0.277 e. The summed E-state index contributed by atoms with van der Waals surface area (Å²) in [6, 6.07) is 10.1. The van der Waals surface area contributed by atoms with Gasteiger partial charge in [0, 0.05) is 5.56 Å². The predicted molar refractivity (Wildman–Crippen MR) is 97.8 cm³/mol. The van der Waals surface area contributed by atoms with E-state index in [1.165, 1.54) is 5.56 Å². The fraction of sp³-hybridized carbons (Fsp3) is 0.300. The van der Waals surface area contributed by atoms with Gasteiger partial charge in [-0.1, -0.05) is 35.4 Å². The van der Waals surface area contributed by atoms with Crippen LogP contribution in [0.4, 0.5) is 0 Å². The Morgan fingerprint density at radius 1 is 1.00 bits per heavy atom. The number of nitrogens with zero attached hydrogens (tertiary/aromatic N) is 1. The van der Waals surface area contributed by atoms with E-state index >= 15 is 0 Å². The predicted octanol–water partition coefficient (Wildman–Crippen LogP) is 3.76. The highest BCUT2D eigenvalue weighted by Gasteiger charge is 2.05. The van der Waals surface area contributed by atoms with Gasteiger partial charge < -0.3 is 4.74 Å². The Morgan fingerprint density at radius 3 is 2.25 bits per heavy atom. The van der Waals surface area contributed by atoms with Gasteiger partial charge in [0.15, 0.2) is 6.61 Å². The van der Waals surface area contributed by atoms with Crippen LogP contribution < -0.4 is 10.2 Å². The van der Waals surface area contributed by atoms with Gasteiger partial charge in [-0.05, 0) is 57.4 Å². The van der Waals surface area contributed by atoms with E-state index in [1.807, 2.05) is 45.9 Å². The maximum atomic E-state index is 11.9. The van der Waals surface area contributed by atoms with E-state index in [4.69, 9.17) is 4.74 Å². The molecule has 0 saturated carbocycles. The van der Waals surface area contributed by atoms with Crippen molar-refractivity contribution in [3.05, 3.63) is 63.7 Å². The van der Waals surface area contributed by atoms with Crippen LogP contribution in [0.3, 0.4) is 0 Å². The van der Waals surface area contributed by atoms with Gasteiger partial charge in [-0.2, -0.15) is 5.10 Å². The number of aryl methyl sites for hydroxylation is 5. The minimum atomic E-state index is -0.284. The molecular weight excluding hydrogens is 300 g/mol.